The first-order valence-electron chi connectivity index (χ1n) is 7.64. The first-order valence-corrected chi connectivity index (χ1v) is 8.40. The number of hydrogen-bond acceptors (Lipinski definition) is 3. The Morgan fingerprint density at radius 1 is 1.22 bits per heavy atom. The third kappa shape index (κ3) is 7.10. The lowest BCUT2D eigenvalue weighted by Gasteiger charge is -2.23. The van der Waals surface area contributed by atoms with Crippen LogP contribution in [0.2, 0.25) is 10.0 Å². The fourth-order valence-electron chi connectivity index (χ4n) is 1.91. The minimum Gasteiger partial charge on any atom is -0.466 e. The molecule has 1 N–H and O–H groups in total. The number of benzene rings is 1. The molecule has 0 radical (unpaired) electrons. The Labute approximate surface area is 146 Å². The predicted octanol–water partition coefficient (Wildman–Crippen LogP) is 4.58. The van der Waals surface area contributed by atoms with Crippen LogP contribution in [-0.2, 0) is 9.53 Å². The smallest absolute Gasteiger partial charge is 0.321 e. The van der Waals surface area contributed by atoms with E-state index < -0.39 is 0 Å². The van der Waals surface area contributed by atoms with Crippen LogP contribution < -0.4 is 5.32 Å². The van der Waals surface area contributed by atoms with Gasteiger partial charge >= 0.3 is 12.0 Å². The van der Waals surface area contributed by atoms with Gasteiger partial charge in [0, 0.05) is 18.1 Å². The Balaban J connectivity index is 2.68. The number of carbonyl (C=O) groups excluding carboxylic acids is 2. The number of urea groups is 1. The van der Waals surface area contributed by atoms with Crippen LogP contribution in [0.15, 0.2) is 18.2 Å². The quantitative estimate of drug-likeness (QED) is 0.690. The van der Waals surface area contributed by atoms with E-state index in [0.29, 0.717) is 35.4 Å². The SMILES string of the molecule is CCCCN(CCC(=O)OCC)C(=O)Nc1ccc(Cl)cc1Cl. The highest BCUT2D eigenvalue weighted by molar-refractivity contribution is 6.36. The minimum absolute atomic E-state index is 0.166. The lowest BCUT2D eigenvalue weighted by molar-refractivity contribution is -0.143. The summed E-state index contributed by atoms with van der Waals surface area (Å²) in [7, 11) is 0. The zero-order valence-corrected chi connectivity index (χ0v) is 14.9. The van der Waals surface area contributed by atoms with Crippen LogP contribution in [0.5, 0.6) is 0 Å². The third-order valence-electron chi connectivity index (χ3n) is 3.13. The van der Waals surface area contributed by atoms with Gasteiger partial charge in [-0.2, -0.15) is 0 Å². The summed E-state index contributed by atoms with van der Waals surface area (Å²) in [5, 5.41) is 3.61. The van der Waals surface area contributed by atoms with Crippen LogP contribution in [0, 0.1) is 0 Å². The Morgan fingerprint density at radius 3 is 2.57 bits per heavy atom. The van der Waals surface area contributed by atoms with Crippen molar-refractivity contribution in [2.24, 2.45) is 0 Å². The van der Waals surface area contributed by atoms with E-state index in [0.717, 1.165) is 12.8 Å². The van der Waals surface area contributed by atoms with Gasteiger partial charge in [0.2, 0.25) is 0 Å². The molecule has 0 aliphatic heterocycles. The van der Waals surface area contributed by atoms with E-state index in [1.54, 1.807) is 30.0 Å². The summed E-state index contributed by atoms with van der Waals surface area (Å²) >= 11 is 11.9. The Hall–Kier alpha value is -1.46. The second-order valence-corrected chi connectivity index (χ2v) is 5.79. The molecule has 0 heterocycles. The molecule has 0 saturated heterocycles. The van der Waals surface area contributed by atoms with Crippen LogP contribution in [0.25, 0.3) is 0 Å². The monoisotopic (exact) mass is 360 g/mol. The third-order valence-corrected chi connectivity index (χ3v) is 3.68. The van der Waals surface area contributed by atoms with Crippen LogP contribution in [0.4, 0.5) is 10.5 Å². The zero-order valence-electron chi connectivity index (χ0n) is 13.4. The van der Waals surface area contributed by atoms with E-state index in [9.17, 15) is 9.59 Å². The number of hydrogen-bond donors (Lipinski definition) is 1. The molecule has 1 aromatic rings. The van der Waals surface area contributed by atoms with E-state index in [4.69, 9.17) is 27.9 Å². The first kappa shape index (κ1) is 19.6. The number of nitrogens with zero attached hydrogens (tertiary/aromatic N) is 1. The molecule has 5 nitrogen and oxygen atoms in total. The van der Waals surface area contributed by atoms with Crippen molar-refractivity contribution in [3.63, 3.8) is 0 Å². The van der Waals surface area contributed by atoms with Crippen molar-refractivity contribution in [1.82, 2.24) is 4.90 Å². The molecule has 1 aromatic carbocycles. The van der Waals surface area contributed by atoms with Gasteiger partial charge in [0.25, 0.3) is 0 Å². The summed E-state index contributed by atoms with van der Waals surface area (Å²) in [6.45, 7) is 4.99. The molecule has 0 spiro atoms. The standard InChI is InChI=1S/C16H22Cl2N2O3/c1-3-5-9-20(10-8-15(21)23-4-2)16(22)19-14-7-6-12(17)11-13(14)18/h6-7,11H,3-5,8-10H2,1-2H3,(H,19,22). The molecule has 0 aliphatic carbocycles. The van der Waals surface area contributed by atoms with Gasteiger partial charge in [0.05, 0.1) is 23.7 Å². The van der Waals surface area contributed by atoms with Crippen LogP contribution in [0.1, 0.15) is 33.1 Å². The fraction of sp³-hybridized carbons (Fsp3) is 0.500. The minimum atomic E-state index is -0.314. The van der Waals surface area contributed by atoms with Gasteiger partial charge in [-0.1, -0.05) is 36.5 Å². The van der Waals surface area contributed by atoms with Gasteiger partial charge in [0.15, 0.2) is 0 Å². The Morgan fingerprint density at radius 2 is 1.96 bits per heavy atom. The van der Waals surface area contributed by atoms with Crippen LogP contribution >= 0.6 is 23.2 Å². The summed E-state index contributed by atoms with van der Waals surface area (Å²) in [4.78, 5) is 25.5. The van der Waals surface area contributed by atoms with Crippen molar-refractivity contribution >= 4 is 40.9 Å². The fourth-order valence-corrected chi connectivity index (χ4v) is 2.36. The number of anilines is 1. The highest BCUT2D eigenvalue weighted by atomic mass is 35.5. The van der Waals surface area contributed by atoms with Crippen LogP contribution in [0.3, 0.4) is 0 Å². The average Bonchev–Trinajstić information content (AvgIpc) is 2.50. The maximum Gasteiger partial charge on any atom is 0.321 e. The van der Waals surface area contributed by atoms with Crippen molar-refractivity contribution in [1.29, 1.82) is 0 Å². The number of unbranched alkanes of at least 4 members (excludes halogenated alkanes) is 1. The van der Waals surface area contributed by atoms with Gasteiger partial charge < -0.3 is 15.0 Å². The molecule has 0 aromatic heterocycles. The number of carbonyl (C=O) groups is 2. The molecule has 0 aliphatic rings. The number of esters is 1. The van der Waals surface area contributed by atoms with Gasteiger partial charge in [0.1, 0.15) is 0 Å². The second kappa shape index (κ2) is 10.3. The number of nitrogens with one attached hydrogen (secondary N) is 1. The van der Waals surface area contributed by atoms with Crippen molar-refractivity contribution < 1.29 is 14.3 Å². The first-order chi connectivity index (χ1) is 11.0. The molecule has 23 heavy (non-hydrogen) atoms. The largest absolute Gasteiger partial charge is 0.466 e. The molecule has 0 bridgehead atoms. The normalized spacial score (nSPS) is 10.3. The molecule has 7 heteroatoms. The van der Waals surface area contributed by atoms with E-state index in [1.807, 2.05) is 6.92 Å². The molecular weight excluding hydrogens is 339 g/mol. The number of halogens is 2. The molecule has 128 valence electrons. The predicted molar refractivity (Wildman–Crippen MR) is 93.2 cm³/mol. The van der Waals surface area contributed by atoms with Crippen molar-refractivity contribution in [2.75, 3.05) is 25.0 Å². The van der Waals surface area contributed by atoms with E-state index in [1.165, 1.54) is 0 Å². The molecule has 0 saturated carbocycles. The number of rotatable bonds is 8. The molecule has 0 fully saturated rings. The van der Waals surface area contributed by atoms with Crippen LogP contribution in [-0.4, -0.2) is 36.6 Å². The lowest BCUT2D eigenvalue weighted by Crippen LogP contribution is -2.37. The Bertz CT molecular complexity index is 538. The van der Waals surface area contributed by atoms with Gasteiger partial charge in [-0.25, -0.2) is 4.79 Å². The summed E-state index contributed by atoms with van der Waals surface area (Å²) in [6, 6.07) is 4.56. The average molecular weight is 361 g/mol. The van der Waals surface area contributed by atoms with E-state index in [2.05, 4.69) is 5.32 Å². The summed E-state index contributed by atoms with van der Waals surface area (Å²) in [5.41, 5.74) is 0.485. The molecule has 0 unspecified atom stereocenters. The highest BCUT2D eigenvalue weighted by Gasteiger charge is 2.16. The van der Waals surface area contributed by atoms with E-state index in [-0.39, 0.29) is 18.4 Å². The molecule has 1 rings (SSSR count). The van der Waals surface area contributed by atoms with Crippen molar-refractivity contribution in [3.05, 3.63) is 28.2 Å². The van der Waals surface area contributed by atoms with Gasteiger partial charge in [-0.3, -0.25) is 4.79 Å². The lowest BCUT2D eigenvalue weighted by atomic mass is 10.3. The maximum atomic E-state index is 12.4. The number of ether oxygens (including phenoxy) is 1. The Kier molecular flexibility index (Phi) is 8.81. The van der Waals surface area contributed by atoms with E-state index >= 15 is 0 Å². The topological polar surface area (TPSA) is 58.6 Å². The molecule has 2 amide bonds. The van der Waals surface area contributed by atoms with Crippen molar-refractivity contribution in [2.45, 2.75) is 33.1 Å². The molecular formula is C16H22Cl2N2O3. The summed E-state index contributed by atoms with van der Waals surface area (Å²) in [6.07, 6.45) is 1.97. The second-order valence-electron chi connectivity index (χ2n) is 4.95. The van der Waals surface area contributed by atoms with Crippen molar-refractivity contribution in [3.8, 4) is 0 Å². The highest BCUT2D eigenvalue weighted by Crippen LogP contribution is 2.25. The van der Waals surface area contributed by atoms with Gasteiger partial charge in [-0.15, -0.1) is 0 Å². The van der Waals surface area contributed by atoms with Gasteiger partial charge in [-0.05, 0) is 31.5 Å². The molecule has 0 atom stereocenters. The summed E-state index contributed by atoms with van der Waals surface area (Å²) < 4.78 is 4.89. The zero-order chi connectivity index (χ0) is 17.2. The maximum absolute atomic E-state index is 12.4. The number of amides is 2. The summed E-state index contributed by atoms with van der Waals surface area (Å²) in [5.74, 6) is -0.314.